The van der Waals surface area contributed by atoms with E-state index in [-0.39, 0.29) is 9.92 Å². The summed E-state index contributed by atoms with van der Waals surface area (Å²) in [6.07, 6.45) is -8.58. The predicted octanol–water partition coefficient (Wildman–Crippen LogP) is 4.21. The van der Waals surface area contributed by atoms with E-state index in [4.69, 9.17) is 36.1 Å². The number of rotatable bonds is 5. The number of aromatic nitrogens is 1. The molecular formula is C24H24ClF6N3O7S. The monoisotopic (exact) mass is 647 g/mol. The van der Waals surface area contributed by atoms with Gasteiger partial charge in [-0.05, 0) is 29.8 Å². The first-order valence-corrected chi connectivity index (χ1v) is 13.4. The molecule has 1 saturated heterocycles. The van der Waals surface area contributed by atoms with Crippen molar-refractivity contribution >= 4 is 44.5 Å². The normalized spacial score (nSPS) is 14.3. The van der Waals surface area contributed by atoms with E-state index in [0.717, 1.165) is 43.7 Å². The highest BCUT2D eigenvalue weighted by atomic mass is 35.5. The number of aliphatic carboxylic acids is 2. The van der Waals surface area contributed by atoms with Gasteiger partial charge in [-0.3, -0.25) is 4.90 Å². The molecular weight excluding hydrogens is 624 g/mol. The molecule has 0 atom stereocenters. The van der Waals surface area contributed by atoms with Gasteiger partial charge in [0.1, 0.15) is 10.6 Å². The van der Waals surface area contributed by atoms with Crippen LogP contribution in [-0.4, -0.2) is 85.1 Å². The molecule has 10 nitrogen and oxygen atoms in total. The lowest BCUT2D eigenvalue weighted by atomic mass is 10.1. The number of benzene rings is 2. The maximum atomic E-state index is 13.2. The minimum absolute atomic E-state index is 0.0839. The van der Waals surface area contributed by atoms with Gasteiger partial charge in [0, 0.05) is 50.4 Å². The maximum absolute atomic E-state index is 13.2. The van der Waals surface area contributed by atoms with Gasteiger partial charge in [0.25, 0.3) is 10.0 Å². The molecule has 1 aliphatic heterocycles. The van der Waals surface area contributed by atoms with Gasteiger partial charge in [-0.15, -0.1) is 0 Å². The van der Waals surface area contributed by atoms with Crippen LogP contribution in [0.5, 0.6) is 5.75 Å². The zero-order valence-corrected chi connectivity index (χ0v) is 23.1. The second-order valence-corrected chi connectivity index (χ2v) is 10.6. The molecule has 0 spiro atoms. The van der Waals surface area contributed by atoms with Crippen LogP contribution in [0.25, 0.3) is 10.9 Å². The van der Waals surface area contributed by atoms with Crippen molar-refractivity contribution in [3.63, 3.8) is 0 Å². The van der Waals surface area contributed by atoms with Crippen molar-refractivity contribution in [1.29, 1.82) is 0 Å². The average molecular weight is 648 g/mol. The fraction of sp³-hybridized carbons (Fsp3) is 0.333. The number of carboxylic acids is 2. The summed E-state index contributed by atoms with van der Waals surface area (Å²) in [4.78, 5) is 20.2. The summed E-state index contributed by atoms with van der Waals surface area (Å²) in [7, 11) is -2.23. The van der Waals surface area contributed by atoms with E-state index < -0.39 is 34.3 Å². The lowest BCUT2D eigenvalue weighted by molar-refractivity contribution is -0.193. The van der Waals surface area contributed by atoms with Crippen molar-refractivity contribution in [2.24, 2.45) is 0 Å². The largest absolute Gasteiger partial charge is 0.497 e. The maximum Gasteiger partial charge on any atom is 0.490 e. The lowest BCUT2D eigenvalue weighted by Crippen LogP contribution is -2.42. The number of ether oxygens (including phenoxy) is 1. The van der Waals surface area contributed by atoms with Crippen LogP contribution in [0.15, 0.2) is 53.6 Å². The number of hydrogen-bond acceptors (Lipinski definition) is 7. The molecule has 232 valence electrons. The van der Waals surface area contributed by atoms with Crippen LogP contribution in [0.3, 0.4) is 0 Å². The highest BCUT2D eigenvalue weighted by Crippen LogP contribution is 2.32. The molecule has 1 aromatic heterocycles. The number of methoxy groups -OCH3 is 1. The molecule has 3 aromatic rings. The van der Waals surface area contributed by atoms with Crippen molar-refractivity contribution in [3.8, 4) is 5.75 Å². The molecule has 42 heavy (non-hydrogen) atoms. The van der Waals surface area contributed by atoms with E-state index in [9.17, 15) is 34.8 Å². The van der Waals surface area contributed by atoms with E-state index in [2.05, 4.69) is 10.2 Å². The van der Waals surface area contributed by atoms with Gasteiger partial charge in [0.05, 0.1) is 17.6 Å². The van der Waals surface area contributed by atoms with Crippen LogP contribution in [0, 0.1) is 0 Å². The number of halogens is 7. The van der Waals surface area contributed by atoms with Crippen molar-refractivity contribution in [2.75, 3.05) is 33.3 Å². The molecule has 2 aromatic carbocycles. The number of hydrogen-bond donors (Lipinski definition) is 3. The molecule has 3 N–H and O–H groups in total. The van der Waals surface area contributed by atoms with E-state index in [1.165, 1.54) is 10.0 Å². The number of carbonyl (C=O) groups is 2. The standard InChI is InChI=1S/C20H22ClN3O3S.2C2HF3O2/c1-27-16-12-15(14-23-10-7-22-8-11-23)17-6-9-24(19(17)13-16)28(25,26)20-5-3-2-4-18(20)21;2*3-2(4,5)1(6)7/h2-6,9,12-13,22H,7-8,10-11,14H2,1H3;2*(H,6,7). The van der Waals surface area contributed by atoms with Gasteiger partial charge >= 0.3 is 24.3 Å². The highest BCUT2D eigenvalue weighted by molar-refractivity contribution is 7.90. The van der Waals surface area contributed by atoms with Gasteiger partial charge in [-0.1, -0.05) is 23.7 Å². The fourth-order valence-electron chi connectivity index (χ4n) is 3.59. The summed E-state index contributed by atoms with van der Waals surface area (Å²) in [5, 5.41) is 18.7. The van der Waals surface area contributed by atoms with E-state index >= 15 is 0 Å². The number of alkyl halides is 6. The van der Waals surface area contributed by atoms with Crippen molar-refractivity contribution in [1.82, 2.24) is 14.2 Å². The predicted molar refractivity (Wildman–Crippen MR) is 138 cm³/mol. The first kappa shape index (κ1) is 34.7. The van der Waals surface area contributed by atoms with Gasteiger partial charge in [0.2, 0.25) is 0 Å². The summed E-state index contributed by atoms with van der Waals surface area (Å²) < 4.78 is 96.7. The fourth-order valence-corrected chi connectivity index (χ4v) is 5.43. The molecule has 0 unspecified atom stereocenters. The van der Waals surface area contributed by atoms with Crippen LogP contribution in [0.4, 0.5) is 26.3 Å². The van der Waals surface area contributed by atoms with Crippen molar-refractivity contribution in [3.05, 3.63) is 59.2 Å². The number of nitrogens with zero attached hydrogens (tertiary/aromatic N) is 2. The van der Waals surface area contributed by atoms with Gasteiger partial charge in [-0.2, -0.15) is 26.3 Å². The van der Waals surface area contributed by atoms with Crippen LogP contribution in [0.2, 0.25) is 5.02 Å². The average Bonchev–Trinajstić information content (AvgIpc) is 3.34. The summed E-state index contributed by atoms with van der Waals surface area (Å²) in [5.41, 5.74) is 1.63. The third kappa shape index (κ3) is 9.23. The molecule has 1 fully saturated rings. The third-order valence-electron chi connectivity index (χ3n) is 5.53. The van der Waals surface area contributed by atoms with E-state index in [1.54, 1.807) is 37.6 Å². The SMILES string of the molecule is COc1cc(CN2CCNCC2)c2ccn(S(=O)(=O)c3ccccc3Cl)c2c1.O=C(O)C(F)(F)F.O=C(O)C(F)(F)F. The van der Waals surface area contributed by atoms with Gasteiger partial charge in [-0.25, -0.2) is 22.0 Å². The first-order chi connectivity index (χ1) is 19.4. The van der Waals surface area contributed by atoms with Gasteiger partial charge in [0.15, 0.2) is 0 Å². The van der Waals surface area contributed by atoms with Crippen molar-refractivity contribution < 1.29 is 59.3 Å². The summed E-state index contributed by atoms with van der Waals surface area (Å²) >= 11 is 6.17. The Morgan fingerprint density at radius 1 is 0.976 bits per heavy atom. The van der Waals surface area contributed by atoms with Crippen molar-refractivity contribution in [2.45, 2.75) is 23.8 Å². The molecule has 0 bridgehead atoms. The number of fused-ring (bicyclic) bond motifs is 1. The van der Waals surface area contributed by atoms with Crippen LogP contribution < -0.4 is 10.1 Å². The Hall–Kier alpha value is -3.54. The molecule has 1 aliphatic rings. The summed E-state index contributed by atoms with van der Waals surface area (Å²) in [6.45, 7) is 4.56. The molecule has 18 heteroatoms. The number of carboxylic acid groups (broad SMARTS) is 2. The Kier molecular flexibility index (Phi) is 11.6. The number of piperazine rings is 1. The Morgan fingerprint density at radius 3 is 1.98 bits per heavy atom. The van der Waals surface area contributed by atoms with E-state index in [1.807, 2.05) is 12.1 Å². The Bertz CT molecular complexity index is 1480. The smallest absolute Gasteiger partial charge is 0.490 e. The van der Waals surface area contributed by atoms with E-state index in [0.29, 0.717) is 11.3 Å². The zero-order valence-electron chi connectivity index (χ0n) is 21.5. The number of nitrogens with one attached hydrogen (secondary N) is 1. The molecule has 0 aliphatic carbocycles. The van der Waals surface area contributed by atoms with Crippen LogP contribution in [-0.2, 0) is 26.2 Å². The van der Waals surface area contributed by atoms with Crippen LogP contribution in [0.1, 0.15) is 5.56 Å². The Labute approximate surface area is 240 Å². The molecule has 0 saturated carbocycles. The molecule has 0 radical (unpaired) electrons. The second kappa shape index (κ2) is 14.1. The van der Waals surface area contributed by atoms with Gasteiger partial charge < -0.3 is 20.3 Å². The topological polar surface area (TPSA) is 138 Å². The second-order valence-electron chi connectivity index (χ2n) is 8.40. The third-order valence-corrected chi connectivity index (χ3v) is 7.72. The quantitative estimate of drug-likeness (QED) is 0.348. The minimum atomic E-state index is -5.08. The Morgan fingerprint density at radius 2 is 1.50 bits per heavy atom. The Balaban J connectivity index is 0.000000367. The first-order valence-electron chi connectivity index (χ1n) is 11.6. The highest BCUT2D eigenvalue weighted by Gasteiger charge is 2.38. The summed E-state index contributed by atoms with van der Waals surface area (Å²) in [5.74, 6) is -4.88. The minimum Gasteiger partial charge on any atom is -0.497 e. The molecule has 2 heterocycles. The molecule has 0 amide bonds. The molecule has 4 rings (SSSR count). The van der Waals surface area contributed by atoms with Crippen LogP contribution >= 0.6 is 11.6 Å². The lowest BCUT2D eigenvalue weighted by Gasteiger charge is -2.27. The summed E-state index contributed by atoms with van der Waals surface area (Å²) in [6, 6.07) is 12.1. The zero-order chi connectivity index (χ0) is 31.9.